The van der Waals surface area contributed by atoms with Crippen molar-refractivity contribution in [1.29, 1.82) is 0 Å². The van der Waals surface area contributed by atoms with Gasteiger partial charge in [0, 0.05) is 37.3 Å². The zero-order valence-electron chi connectivity index (χ0n) is 16.6. The Kier molecular flexibility index (Phi) is 6.10. The van der Waals surface area contributed by atoms with E-state index in [-0.39, 0.29) is 5.78 Å². The van der Waals surface area contributed by atoms with Gasteiger partial charge in [-0.3, -0.25) is 10.1 Å². The number of nitrogens with one attached hydrogen (secondary N) is 1. The topological polar surface area (TPSA) is 67.9 Å². The number of carbonyl (C=O) groups is 2. The van der Waals surface area contributed by atoms with Crippen LogP contribution in [0.5, 0.6) is 5.75 Å². The Bertz CT molecular complexity index is 880. The van der Waals surface area contributed by atoms with Gasteiger partial charge in [-0.2, -0.15) is 0 Å². The van der Waals surface area contributed by atoms with E-state index in [0.717, 1.165) is 10.8 Å². The maximum absolute atomic E-state index is 12.5. The third kappa shape index (κ3) is 5.74. The van der Waals surface area contributed by atoms with Crippen LogP contribution in [0.3, 0.4) is 0 Å². The number of ketones is 1. The molecule has 0 bridgehead atoms. The summed E-state index contributed by atoms with van der Waals surface area (Å²) in [4.78, 5) is 26.5. The molecule has 0 fully saturated rings. The van der Waals surface area contributed by atoms with Gasteiger partial charge in [0.15, 0.2) is 5.78 Å². The highest BCUT2D eigenvalue weighted by Crippen LogP contribution is 2.30. The Morgan fingerprint density at radius 2 is 1.81 bits per heavy atom. The van der Waals surface area contributed by atoms with E-state index < -0.39 is 11.7 Å². The number of nitrogens with zero attached hydrogens (tertiary/aromatic N) is 1. The lowest BCUT2D eigenvalue weighted by Gasteiger charge is -2.20. The molecular weight excluding hydrogens is 344 g/mol. The molecule has 0 unspecified atom stereocenters. The van der Waals surface area contributed by atoms with Gasteiger partial charge in [-0.1, -0.05) is 6.07 Å². The van der Waals surface area contributed by atoms with Gasteiger partial charge < -0.3 is 14.4 Å². The van der Waals surface area contributed by atoms with Crippen LogP contribution in [0.15, 0.2) is 42.6 Å². The lowest BCUT2D eigenvalue weighted by molar-refractivity contribution is 0.0636. The molecule has 0 aromatic heterocycles. The number of benzene rings is 2. The smallest absolute Gasteiger partial charge is 0.412 e. The Morgan fingerprint density at radius 1 is 1.11 bits per heavy atom. The number of hydrogen-bond donors (Lipinski definition) is 1. The van der Waals surface area contributed by atoms with Crippen molar-refractivity contribution in [2.75, 3.05) is 26.5 Å². The number of ether oxygens (including phenoxy) is 2. The van der Waals surface area contributed by atoms with Crippen LogP contribution in [0.25, 0.3) is 10.8 Å². The predicted molar refractivity (Wildman–Crippen MR) is 108 cm³/mol. The molecule has 6 nitrogen and oxygen atoms in total. The highest BCUT2D eigenvalue weighted by Gasteiger charge is 2.18. The van der Waals surface area contributed by atoms with Gasteiger partial charge >= 0.3 is 6.09 Å². The summed E-state index contributed by atoms with van der Waals surface area (Å²) in [5, 5.41) is 4.32. The van der Waals surface area contributed by atoms with Crippen molar-refractivity contribution in [3.63, 3.8) is 0 Å². The second-order valence-electron chi connectivity index (χ2n) is 7.38. The third-order valence-electron chi connectivity index (χ3n) is 3.61. The van der Waals surface area contributed by atoms with Crippen molar-refractivity contribution in [2.45, 2.75) is 26.4 Å². The summed E-state index contributed by atoms with van der Waals surface area (Å²) < 4.78 is 10.6. The summed E-state index contributed by atoms with van der Waals surface area (Å²) in [5.41, 5.74) is 0.332. The number of fused-ring (bicyclic) bond motifs is 1. The van der Waals surface area contributed by atoms with Crippen molar-refractivity contribution in [2.24, 2.45) is 0 Å². The fourth-order valence-electron chi connectivity index (χ4n) is 2.44. The maximum atomic E-state index is 12.5. The zero-order chi connectivity index (χ0) is 20.2. The molecule has 6 heteroatoms. The van der Waals surface area contributed by atoms with E-state index in [9.17, 15) is 9.59 Å². The van der Waals surface area contributed by atoms with E-state index in [2.05, 4.69) is 5.32 Å². The van der Waals surface area contributed by atoms with Gasteiger partial charge in [-0.05, 0) is 50.4 Å². The van der Waals surface area contributed by atoms with Gasteiger partial charge in [-0.25, -0.2) is 4.79 Å². The number of methoxy groups -OCH3 is 1. The number of amides is 1. The highest BCUT2D eigenvalue weighted by atomic mass is 16.6. The fourth-order valence-corrected chi connectivity index (χ4v) is 2.44. The molecule has 0 saturated carbocycles. The normalized spacial score (nSPS) is 11.5. The number of anilines is 1. The highest BCUT2D eigenvalue weighted by molar-refractivity contribution is 6.10. The summed E-state index contributed by atoms with van der Waals surface area (Å²) in [7, 11) is 5.25. The average molecular weight is 370 g/mol. The SMILES string of the molecule is COc1ccc2cc(C(=O)/C=C/N(C)C)cc(NC(=O)OC(C)(C)C)c2c1. The fraction of sp³-hybridized carbons (Fsp3) is 0.333. The number of rotatable bonds is 5. The number of allylic oxidation sites excluding steroid dienone is 1. The van der Waals surface area contributed by atoms with Crippen molar-refractivity contribution < 1.29 is 19.1 Å². The lowest BCUT2D eigenvalue weighted by Crippen LogP contribution is -2.27. The molecule has 1 amide bonds. The quantitative estimate of drug-likeness (QED) is 0.622. The average Bonchev–Trinajstić information content (AvgIpc) is 2.57. The molecule has 0 aliphatic rings. The molecule has 0 spiro atoms. The molecule has 2 rings (SSSR count). The maximum Gasteiger partial charge on any atom is 0.412 e. The van der Waals surface area contributed by atoms with Crippen LogP contribution in [0.4, 0.5) is 10.5 Å². The van der Waals surface area contributed by atoms with Crippen LogP contribution >= 0.6 is 0 Å². The predicted octanol–water partition coefficient (Wildman–Crippen LogP) is 4.45. The minimum Gasteiger partial charge on any atom is -0.497 e. The molecule has 0 radical (unpaired) electrons. The van der Waals surface area contributed by atoms with Gasteiger partial charge in [0.05, 0.1) is 12.8 Å². The van der Waals surface area contributed by atoms with E-state index in [1.807, 2.05) is 32.3 Å². The summed E-state index contributed by atoms with van der Waals surface area (Å²) in [6, 6.07) is 8.90. The second kappa shape index (κ2) is 8.12. The van der Waals surface area contributed by atoms with Gasteiger partial charge in [-0.15, -0.1) is 0 Å². The largest absolute Gasteiger partial charge is 0.497 e. The Balaban J connectivity index is 2.49. The molecule has 0 saturated heterocycles. The van der Waals surface area contributed by atoms with Crippen LogP contribution in [-0.4, -0.2) is 43.6 Å². The van der Waals surface area contributed by atoms with E-state index in [0.29, 0.717) is 17.0 Å². The molecule has 1 N–H and O–H groups in total. The molecule has 0 atom stereocenters. The minimum absolute atomic E-state index is 0.159. The Hall–Kier alpha value is -3.02. The molecule has 0 aliphatic carbocycles. The standard InChI is InChI=1S/C21H26N2O4/c1-21(2,3)27-20(25)22-18-12-15(19(24)9-10-23(4)5)11-14-7-8-16(26-6)13-17(14)18/h7-13H,1-6H3,(H,22,25)/b10-9+. The monoisotopic (exact) mass is 370 g/mol. The first-order valence-electron chi connectivity index (χ1n) is 8.60. The second-order valence-corrected chi connectivity index (χ2v) is 7.38. The van der Waals surface area contributed by atoms with E-state index in [1.54, 1.807) is 51.1 Å². The molecule has 144 valence electrons. The Labute approximate surface area is 159 Å². The van der Waals surface area contributed by atoms with E-state index in [4.69, 9.17) is 9.47 Å². The number of hydrogen-bond acceptors (Lipinski definition) is 5. The Morgan fingerprint density at radius 3 is 2.41 bits per heavy atom. The molecule has 0 heterocycles. The summed E-state index contributed by atoms with van der Waals surface area (Å²) >= 11 is 0. The minimum atomic E-state index is -0.626. The molecule has 2 aromatic rings. The van der Waals surface area contributed by atoms with Crippen molar-refractivity contribution in [3.8, 4) is 5.75 Å². The number of carbonyl (C=O) groups excluding carboxylic acids is 2. The summed E-state index contributed by atoms with van der Waals surface area (Å²) in [5.74, 6) is 0.495. The molecule has 0 aliphatic heterocycles. The summed E-state index contributed by atoms with van der Waals surface area (Å²) in [6.07, 6.45) is 2.59. The zero-order valence-corrected chi connectivity index (χ0v) is 16.6. The van der Waals surface area contributed by atoms with Gasteiger partial charge in [0.1, 0.15) is 11.4 Å². The third-order valence-corrected chi connectivity index (χ3v) is 3.61. The molecule has 27 heavy (non-hydrogen) atoms. The summed E-state index contributed by atoms with van der Waals surface area (Å²) in [6.45, 7) is 5.37. The van der Waals surface area contributed by atoms with Crippen LogP contribution in [0.1, 0.15) is 31.1 Å². The van der Waals surface area contributed by atoms with E-state index in [1.165, 1.54) is 6.08 Å². The van der Waals surface area contributed by atoms with E-state index >= 15 is 0 Å². The van der Waals surface area contributed by atoms with Crippen LogP contribution in [-0.2, 0) is 4.74 Å². The van der Waals surface area contributed by atoms with Crippen molar-refractivity contribution >= 4 is 28.3 Å². The van der Waals surface area contributed by atoms with Crippen LogP contribution in [0, 0.1) is 0 Å². The van der Waals surface area contributed by atoms with Gasteiger partial charge in [0.25, 0.3) is 0 Å². The lowest BCUT2D eigenvalue weighted by atomic mass is 10.0. The van der Waals surface area contributed by atoms with Crippen LogP contribution in [0.2, 0.25) is 0 Å². The van der Waals surface area contributed by atoms with Crippen molar-refractivity contribution in [1.82, 2.24) is 4.90 Å². The first-order valence-corrected chi connectivity index (χ1v) is 8.60. The van der Waals surface area contributed by atoms with Crippen LogP contribution < -0.4 is 10.1 Å². The first-order chi connectivity index (χ1) is 12.6. The molecule has 2 aromatic carbocycles. The first kappa shape index (κ1) is 20.3. The van der Waals surface area contributed by atoms with Crippen molar-refractivity contribution in [3.05, 3.63) is 48.2 Å². The van der Waals surface area contributed by atoms with Gasteiger partial charge in [0.2, 0.25) is 0 Å². The molecular formula is C21H26N2O4.